The Balaban J connectivity index is 1.33. The molecule has 9 rings (SSSR count). The van der Waals surface area contributed by atoms with Crippen molar-refractivity contribution in [1.82, 2.24) is 4.98 Å². The van der Waals surface area contributed by atoms with Crippen molar-refractivity contribution in [3.05, 3.63) is 168 Å². The first kappa shape index (κ1) is 24.6. The van der Waals surface area contributed by atoms with Crippen LogP contribution in [0.2, 0.25) is 0 Å². The first-order chi connectivity index (χ1) is 21.3. The topological polar surface area (TPSA) is 16.1 Å². The molecule has 0 radical (unpaired) electrons. The van der Waals surface area contributed by atoms with E-state index >= 15 is 0 Å². The third-order valence-electron chi connectivity index (χ3n) is 9.98. The van der Waals surface area contributed by atoms with Crippen LogP contribution in [0.1, 0.15) is 6.42 Å². The summed E-state index contributed by atoms with van der Waals surface area (Å²) in [5.41, 5.74) is 10.0. The molecule has 0 N–H and O–H groups in total. The summed E-state index contributed by atoms with van der Waals surface area (Å²) in [7, 11) is 0. The van der Waals surface area contributed by atoms with E-state index in [1.165, 1.54) is 32.8 Å². The molecule has 1 aliphatic heterocycles. The normalized spacial score (nSPS) is 25.9. The van der Waals surface area contributed by atoms with Gasteiger partial charge in [0, 0.05) is 28.7 Å². The van der Waals surface area contributed by atoms with Crippen molar-refractivity contribution >= 4 is 16.8 Å². The molecule has 0 bridgehead atoms. The SMILES string of the molecule is C1=CCC2C(=C1)C1=c3ccccc3=C3C=CC4C=CC=CC4C3C1N2c1cc(-c2ccccc2)nc(-c2ccccc2)c1. The van der Waals surface area contributed by atoms with Crippen LogP contribution in [-0.2, 0) is 0 Å². The number of fused-ring (bicyclic) bond motifs is 8. The molecule has 206 valence electrons. The smallest absolute Gasteiger partial charge is 0.0730 e. The molecular formula is C41H32N2. The van der Waals surface area contributed by atoms with Crippen molar-refractivity contribution in [3.8, 4) is 22.5 Å². The first-order valence-electron chi connectivity index (χ1n) is 15.5. The van der Waals surface area contributed by atoms with Gasteiger partial charge in [-0.05, 0) is 51.6 Å². The molecule has 1 saturated heterocycles. The largest absolute Gasteiger partial charge is 0.356 e. The Hall–Kier alpha value is -4.95. The van der Waals surface area contributed by atoms with Crippen molar-refractivity contribution < 1.29 is 0 Å². The summed E-state index contributed by atoms with van der Waals surface area (Å²) in [6.45, 7) is 0. The predicted molar refractivity (Wildman–Crippen MR) is 177 cm³/mol. The maximum absolute atomic E-state index is 5.24. The molecule has 1 aromatic heterocycles. The highest BCUT2D eigenvalue weighted by molar-refractivity contribution is 5.89. The lowest BCUT2D eigenvalue weighted by Gasteiger charge is -2.45. The van der Waals surface area contributed by atoms with Crippen molar-refractivity contribution in [3.63, 3.8) is 0 Å². The molecule has 0 amide bonds. The maximum Gasteiger partial charge on any atom is 0.0730 e. The van der Waals surface area contributed by atoms with Gasteiger partial charge in [-0.15, -0.1) is 0 Å². The van der Waals surface area contributed by atoms with Gasteiger partial charge >= 0.3 is 0 Å². The number of pyridine rings is 1. The van der Waals surface area contributed by atoms with E-state index in [-0.39, 0.29) is 12.1 Å². The van der Waals surface area contributed by atoms with Crippen molar-refractivity contribution in [1.29, 1.82) is 0 Å². The van der Waals surface area contributed by atoms with Crippen LogP contribution in [0.5, 0.6) is 0 Å². The molecule has 4 aromatic rings. The Labute approximate surface area is 252 Å². The van der Waals surface area contributed by atoms with Gasteiger partial charge in [-0.1, -0.05) is 140 Å². The fourth-order valence-electron chi connectivity index (χ4n) is 8.19. The zero-order chi connectivity index (χ0) is 28.3. The Morgan fingerprint density at radius 1 is 0.674 bits per heavy atom. The standard InChI is InChI=1S/C41H32N2/c1-3-14-28(15-4-1)36-25-30(26-37(42-36)29-16-5-2-6-17-29)43-38-22-12-11-21-35(38)40-33-20-10-9-19-32(33)34-24-23-27-13-7-8-18-31(27)39(34)41(40)43/h1-21,23-27,31,38-39,41H,22H2. The third kappa shape index (κ3) is 3.83. The highest BCUT2D eigenvalue weighted by Crippen LogP contribution is 2.52. The Morgan fingerprint density at radius 3 is 2.09 bits per heavy atom. The van der Waals surface area contributed by atoms with Gasteiger partial charge in [0.2, 0.25) is 0 Å². The molecule has 2 nitrogen and oxygen atoms in total. The zero-order valence-electron chi connectivity index (χ0n) is 23.9. The zero-order valence-corrected chi connectivity index (χ0v) is 23.9. The average Bonchev–Trinajstić information content (AvgIpc) is 3.44. The van der Waals surface area contributed by atoms with Crippen molar-refractivity contribution in [2.75, 3.05) is 4.90 Å². The second-order valence-electron chi connectivity index (χ2n) is 12.2. The van der Waals surface area contributed by atoms with Gasteiger partial charge in [0.25, 0.3) is 0 Å². The van der Waals surface area contributed by atoms with Gasteiger partial charge in [-0.2, -0.15) is 0 Å². The second kappa shape index (κ2) is 9.81. The minimum Gasteiger partial charge on any atom is -0.356 e. The number of benzene rings is 3. The number of hydrogen-bond donors (Lipinski definition) is 0. The maximum atomic E-state index is 5.24. The minimum absolute atomic E-state index is 0.226. The minimum atomic E-state index is 0.226. The fraction of sp³-hybridized carbons (Fsp3) is 0.146. The monoisotopic (exact) mass is 552 g/mol. The summed E-state index contributed by atoms with van der Waals surface area (Å²) in [6, 6.07) is 35.6. The molecule has 5 unspecified atom stereocenters. The number of aromatic nitrogens is 1. The highest BCUT2D eigenvalue weighted by Gasteiger charge is 2.51. The van der Waals surface area contributed by atoms with Crippen LogP contribution in [0.25, 0.3) is 33.7 Å². The van der Waals surface area contributed by atoms with Crippen LogP contribution in [0.3, 0.4) is 0 Å². The van der Waals surface area contributed by atoms with E-state index in [4.69, 9.17) is 4.98 Å². The first-order valence-corrected chi connectivity index (χ1v) is 15.5. The fourth-order valence-corrected chi connectivity index (χ4v) is 8.19. The Bertz CT molecular complexity index is 1970. The summed E-state index contributed by atoms with van der Waals surface area (Å²) < 4.78 is 0. The van der Waals surface area contributed by atoms with Crippen LogP contribution in [-0.4, -0.2) is 17.1 Å². The Morgan fingerprint density at radius 2 is 1.35 bits per heavy atom. The van der Waals surface area contributed by atoms with Crippen LogP contribution >= 0.6 is 0 Å². The van der Waals surface area contributed by atoms with Gasteiger partial charge in [-0.25, -0.2) is 4.98 Å². The van der Waals surface area contributed by atoms with Gasteiger partial charge in [-0.3, -0.25) is 0 Å². The number of nitrogens with zero attached hydrogens (tertiary/aromatic N) is 2. The van der Waals surface area contributed by atoms with Crippen LogP contribution in [0.4, 0.5) is 5.69 Å². The lowest BCUT2D eigenvalue weighted by Crippen LogP contribution is -2.51. The highest BCUT2D eigenvalue weighted by atomic mass is 15.2. The Kier molecular flexibility index (Phi) is 5.62. The van der Waals surface area contributed by atoms with E-state index < -0.39 is 0 Å². The molecule has 3 aromatic carbocycles. The van der Waals surface area contributed by atoms with E-state index in [1.807, 2.05) is 0 Å². The predicted octanol–water partition coefficient (Wildman–Crippen LogP) is 7.42. The van der Waals surface area contributed by atoms with Crippen LogP contribution in [0.15, 0.2) is 157 Å². The van der Waals surface area contributed by atoms with Gasteiger partial charge in [0.05, 0.1) is 23.5 Å². The molecule has 43 heavy (non-hydrogen) atoms. The molecule has 0 saturated carbocycles. The average molecular weight is 553 g/mol. The molecule has 5 atom stereocenters. The number of anilines is 1. The van der Waals surface area contributed by atoms with Crippen LogP contribution < -0.4 is 15.3 Å². The third-order valence-corrected chi connectivity index (χ3v) is 9.98. The molecule has 0 spiro atoms. The van der Waals surface area contributed by atoms with Crippen molar-refractivity contribution in [2.24, 2.45) is 17.8 Å². The van der Waals surface area contributed by atoms with Gasteiger partial charge in [0.15, 0.2) is 0 Å². The molecule has 4 aliphatic carbocycles. The van der Waals surface area contributed by atoms with Crippen LogP contribution in [0, 0.1) is 17.8 Å². The molecular weight excluding hydrogens is 520 g/mol. The van der Waals surface area contributed by atoms with E-state index in [0.717, 1.165) is 28.9 Å². The number of hydrogen-bond acceptors (Lipinski definition) is 2. The second-order valence-corrected chi connectivity index (χ2v) is 12.2. The molecule has 2 heterocycles. The molecule has 2 heteroatoms. The summed E-state index contributed by atoms with van der Waals surface area (Å²) >= 11 is 0. The molecule has 5 aliphatic rings. The molecule has 1 fully saturated rings. The quantitative estimate of drug-likeness (QED) is 0.263. The van der Waals surface area contributed by atoms with Gasteiger partial charge in [0.1, 0.15) is 0 Å². The van der Waals surface area contributed by atoms with E-state index in [2.05, 4.69) is 157 Å². The van der Waals surface area contributed by atoms with E-state index in [9.17, 15) is 0 Å². The lowest BCUT2D eigenvalue weighted by molar-refractivity contribution is 0.380. The number of rotatable bonds is 3. The summed E-state index contributed by atoms with van der Waals surface area (Å²) in [5, 5.41) is 2.80. The van der Waals surface area contributed by atoms with Gasteiger partial charge < -0.3 is 4.90 Å². The van der Waals surface area contributed by atoms with E-state index in [0.29, 0.717) is 17.8 Å². The number of allylic oxidation sites excluding steroid dienone is 8. The van der Waals surface area contributed by atoms with Crippen molar-refractivity contribution in [2.45, 2.75) is 18.5 Å². The summed E-state index contributed by atoms with van der Waals surface area (Å²) in [4.78, 5) is 8.01. The lowest BCUT2D eigenvalue weighted by atomic mass is 9.65. The summed E-state index contributed by atoms with van der Waals surface area (Å²) in [6.07, 6.45) is 22.2. The van der Waals surface area contributed by atoms with E-state index in [1.54, 1.807) is 0 Å². The summed E-state index contributed by atoms with van der Waals surface area (Å²) in [5.74, 6) is 1.18.